The Labute approximate surface area is 113 Å². The Morgan fingerprint density at radius 3 is 2.16 bits per heavy atom. The first-order chi connectivity index (χ1) is 9.16. The van der Waals surface area contributed by atoms with Gasteiger partial charge in [0.1, 0.15) is 6.04 Å². The van der Waals surface area contributed by atoms with E-state index in [2.05, 4.69) is 0 Å². The van der Waals surface area contributed by atoms with Gasteiger partial charge < -0.3 is 10.0 Å². The molecule has 1 saturated heterocycles. The predicted octanol–water partition coefficient (Wildman–Crippen LogP) is 2.20. The highest BCUT2D eigenvalue weighted by atomic mass is 16.4. The summed E-state index contributed by atoms with van der Waals surface area (Å²) in [6.07, 6.45) is 9.02. The van der Waals surface area contributed by atoms with E-state index in [9.17, 15) is 14.7 Å². The molecule has 3 fully saturated rings. The molecule has 2 saturated carbocycles. The van der Waals surface area contributed by atoms with Crippen LogP contribution in [0.15, 0.2) is 11.6 Å². The van der Waals surface area contributed by atoms with Crippen molar-refractivity contribution in [1.82, 2.24) is 4.90 Å². The van der Waals surface area contributed by atoms with Crippen molar-refractivity contribution in [3.05, 3.63) is 11.6 Å². The van der Waals surface area contributed by atoms with Crippen LogP contribution in [0.4, 0.5) is 0 Å². The second kappa shape index (κ2) is 4.99. The molecule has 0 aromatic heterocycles. The molecule has 1 atom stereocenters. The fourth-order valence-corrected chi connectivity index (χ4v) is 3.08. The number of carboxylic acid groups (broad SMARTS) is 1. The monoisotopic (exact) mass is 263 g/mol. The van der Waals surface area contributed by atoms with E-state index in [0.29, 0.717) is 24.8 Å². The highest BCUT2D eigenvalue weighted by molar-refractivity contribution is 5.92. The number of allylic oxidation sites excluding steroid dienone is 1. The van der Waals surface area contributed by atoms with Crippen LogP contribution in [0.2, 0.25) is 0 Å². The predicted molar refractivity (Wildman–Crippen MR) is 70.5 cm³/mol. The summed E-state index contributed by atoms with van der Waals surface area (Å²) in [6.45, 7) is 0.592. The normalized spacial score (nSPS) is 26.9. The van der Waals surface area contributed by atoms with Crippen molar-refractivity contribution >= 4 is 11.9 Å². The van der Waals surface area contributed by atoms with E-state index in [0.717, 1.165) is 12.8 Å². The first-order valence-corrected chi connectivity index (χ1v) is 7.41. The van der Waals surface area contributed by atoms with Gasteiger partial charge in [-0.25, -0.2) is 4.79 Å². The number of aliphatic carboxylic acids is 1. The van der Waals surface area contributed by atoms with Gasteiger partial charge in [-0.05, 0) is 56.8 Å². The zero-order chi connectivity index (χ0) is 13.4. The molecule has 0 radical (unpaired) electrons. The first-order valence-electron chi connectivity index (χ1n) is 7.41. The van der Waals surface area contributed by atoms with Crippen molar-refractivity contribution in [2.24, 2.45) is 11.8 Å². The van der Waals surface area contributed by atoms with Crippen molar-refractivity contribution in [2.45, 2.75) is 51.0 Å². The van der Waals surface area contributed by atoms with Gasteiger partial charge in [0.15, 0.2) is 0 Å². The molecule has 2 aliphatic carbocycles. The minimum absolute atomic E-state index is 0.0686. The number of nitrogens with zero attached hydrogens (tertiary/aromatic N) is 1. The zero-order valence-corrected chi connectivity index (χ0v) is 11.2. The standard InChI is InChI=1S/C15H21NO3/c17-14(9-12(10-4-5-10)11-6-7-11)16-8-2-1-3-13(16)15(18)19/h9-11,13H,1-8H2,(H,18,19)/t13-/m1/s1. The second-order valence-electron chi connectivity index (χ2n) is 6.07. The van der Waals surface area contributed by atoms with Gasteiger partial charge in [0.2, 0.25) is 5.91 Å². The number of rotatable bonds is 4. The van der Waals surface area contributed by atoms with Crippen LogP contribution in [0.3, 0.4) is 0 Å². The molecule has 0 bridgehead atoms. The lowest BCUT2D eigenvalue weighted by Gasteiger charge is -2.32. The lowest BCUT2D eigenvalue weighted by molar-refractivity contribution is -0.150. The number of likely N-dealkylation sites (tertiary alicyclic amines) is 1. The SMILES string of the molecule is O=C(O)[C@H]1CCCCN1C(=O)C=C(C1CC1)C1CC1. The number of piperidine rings is 1. The fourth-order valence-electron chi connectivity index (χ4n) is 3.08. The summed E-state index contributed by atoms with van der Waals surface area (Å²) in [6, 6.07) is -0.614. The summed E-state index contributed by atoms with van der Waals surface area (Å²) < 4.78 is 0. The second-order valence-corrected chi connectivity index (χ2v) is 6.07. The molecule has 0 unspecified atom stereocenters. The highest BCUT2D eigenvalue weighted by Gasteiger charge is 2.38. The molecule has 1 aliphatic heterocycles. The van der Waals surface area contributed by atoms with Crippen molar-refractivity contribution in [3.8, 4) is 0 Å². The summed E-state index contributed by atoms with van der Waals surface area (Å²) in [5, 5.41) is 9.22. The van der Waals surface area contributed by atoms with Crippen LogP contribution in [0.25, 0.3) is 0 Å². The molecular formula is C15H21NO3. The van der Waals surface area contributed by atoms with Gasteiger partial charge in [-0.1, -0.05) is 5.57 Å². The van der Waals surface area contributed by atoms with E-state index in [1.165, 1.54) is 31.3 Å². The number of carbonyl (C=O) groups is 2. The van der Waals surface area contributed by atoms with Gasteiger partial charge in [-0.3, -0.25) is 4.79 Å². The number of carboxylic acids is 1. The topological polar surface area (TPSA) is 57.6 Å². The summed E-state index contributed by atoms with van der Waals surface area (Å²) in [5.41, 5.74) is 1.31. The average molecular weight is 263 g/mol. The number of hydrogen-bond donors (Lipinski definition) is 1. The van der Waals surface area contributed by atoms with Gasteiger partial charge in [-0.15, -0.1) is 0 Å². The summed E-state index contributed by atoms with van der Waals surface area (Å²) in [5.74, 6) is 0.302. The molecule has 1 N–H and O–H groups in total. The molecule has 1 amide bonds. The van der Waals surface area contributed by atoms with E-state index in [1.807, 2.05) is 0 Å². The summed E-state index contributed by atoms with van der Waals surface area (Å²) in [7, 11) is 0. The van der Waals surface area contributed by atoms with Crippen LogP contribution in [-0.4, -0.2) is 34.5 Å². The van der Waals surface area contributed by atoms with Gasteiger partial charge in [0.25, 0.3) is 0 Å². The fraction of sp³-hybridized carbons (Fsp3) is 0.733. The van der Waals surface area contributed by atoms with E-state index in [4.69, 9.17) is 0 Å². The minimum Gasteiger partial charge on any atom is -0.480 e. The van der Waals surface area contributed by atoms with Crippen LogP contribution in [0.1, 0.15) is 44.9 Å². The van der Waals surface area contributed by atoms with Gasteiger partial charge in [0, 0.05) is 12.6 Å². The number of hydrogen-bond acceptors (Lipinski definition) is 2. The lowest BCUT2D eigenvalue weighted by atomic mass is 10.0. The third-order valence-electron chi connectivity index (χ3n) is 4.46. The van der Waals surface area contributed by atoms with E-state index in [-0.39, 0.29) is 5.91 Å². The highest BCUT2D eigenvalue weighted by Crippen LogP contribution is 2.48. The maximum atomic E-state index is 12.4. The molecule has 3 aliphatic rings. The van der Waals surface area contributed by atoms with Crippen LogP contribution < -0.4 is 0 Å². The van der Waals surface area contributed by atoms with Crippen LogP contribution in [-0.2, 0) is 9.59 Å². The van der Waals surface area contributed by atoms with E-state index in [1.54, 1.807) is 11.0 Å². The molecule has 0 aromatic carbocycles. The molecule has 4 nitrogen and oxygen atoms in total. The van der Waals surface area contributed by atoms with E-state index >= 15 is 0 Å². The smallest absolute Gasteiger partial charge is 0.326 e. The van der Waals surface area contributed by atoms with Gasteiger partial charge >= 0.3 is 5.97 Å². The average Bonchev–Trinajstić information content (AvgIpc) is 3.29. The summed E-state index contributed by atoms with van der Waals surface area (Å²) >= 11 is 0. The Balaban J connectivity index is 1.73. The molecule has 104 valence electrons. The van der Waals surface area contributed by atoms with Crippen molar-refractivity contribution in [3.63, 3.8) is 0 Å². The molecule has 0 aromatic rings. The molecule has 3 rings (SSSR count). The van der Waals surface area contributed by atoms with E-state index < -0.39 is 12.0 Å². The Kier molecular flexibility index (Phi) is 3.33. The zero-order valence-electron chi connectivity index (χ0n) is 11.2. The Bertz CT molecular complexity index is 407. The number of amides is 1. The quantitative estimate of drug-likeness (QED) is 0.791. The number of carbonyl (C=O) groups excluding carboxylic acids is 1. The molecule has 0 spiro atoms. The minimum atomic E-state index is -0.860. The van der Waals surface area contributed by atoms with Crippen LogP contribution in [0, 0.1) is 11.8 Å². The van der Waals surface area contributed by atoms with Crippen LogP contribution in [0.5, 0.6) is 0 Å². The Morgan fingerprint density at radius 1 is 1.00 bits per heavy atom. The lowest BCUT2D eigenvalue weighted by Crippen LogP contribution is -2.47. The van der Waals surface area contributed by atoms with Crippen molar-refractivity contribution in [2.75, 3.05) is 6.54 Å². The molecule has 19 heavy (non-hydrogen) atoms. The Morgan fingerprint density at radius 2 is 1.63 bits per heavy atom. The molecular weight excluding hydrogens is 242 g/mol. The van der Waals surface area contributed by atoms with Crippen LogP contribution >= 0.6 is 0 Å². The third-order valence-corrected chi connectivity index (χ3v) is 4.46. The first kappa shape index (κ1) is 12.7. The van der Waals surface area contributed by atoms with Crippen molar-refractivity contribution < 1.29 is 14.7 Å². The third kappa shape index (κ3) is 2.82. The van der Waals surface area contributed by atoms with Gasteiger partial charge in [0.05, 0.1) is 0 Å². The molecule has 1 heterocycles. The maximum Gasteiger partial charge on any atom is 0.326 e. The van der Waals surface area contributed by atoms with Gasteiger partial charge in [-0.2, -0.15) is 0 Å². The Hall–Kier alpha value is -1.32. The molecule has 4 heteroatoms. The maximum absolute atomic E-state index is 12.4. The summed E-state index contributed by atoms with van der Waals surface area (Å²) in [4.78, 5) is 25.2. The van der Waals surface area contributed by atoms with Crippen molar-refractivity contribution in [1.29, 1.82) is 0 Å². The largest absolute Gasteiger partial charge is 0.480 e.